The van der Waals surface area contributed by atoms with Crippen LogP contribution < -0.4 is 0 Å². The molecule has 3 heterocycles. The molecular weight excluding hydrogens is 286 g/mol. The normalized spacial score (nSPS) is 13.2. The lowest BCUT2D eigenvalue weighted by atomic mass is 10.0. The van der Waals surface area contributed by atoms with E-state index in [2.05, 4.69) is 11.4 Å². The molecule has 4 rings (SSSR count). The molecule has 0 spiro atoms. The van der Waals surface area contributed by atoms with Gasteiger partial charge in [-0.25, -0.2) is 9.78 Å². The van der Waals surface area contributed by atoms with Gasteiger partial charge in [-0.2, -0.15) is 0 Å². The van der Waals surface area contributed by atoms with Crippen molar-refractivity contribution in [3.05, 3.63) is 33.9 Å². The number of hydrogen-bond donors (Lipinski definition) is 0. The average Bonchev–Trinajstić information content (AvgIpc) is 3.13. The van der Waals surface area contributed by atoms with E-state index in [-0.39, 0.29) is 5.97 Å². The van der Waals surface area contributed by atoms with E-state index in [0.717, 1.165) is 24.3 Å². The van der Waals surface area contributed by atoms with Gasteiger partial charge in [0.2, 0.25) is 5.78 Å². The summed E-state index contributed by atoms with van der Waals surface area (Å²) in [5.74, 6) is 0.494. The van der Waals surface area contributed by atoms with Crippen molar-refractivity contribution in [2.24, 2.45) is 7.05 Å². The summed E-state index contributed by atoms with van der Waals surface area (Å²) in [6.07, 6.45) is 3.84. The highest BCUT2D eigenvalue weighted by molar-refractivity contribution is 7.10. The number of carbonyl (C=O) groups excluding carboxylic acids is 1. The number of aromatic nitrogens is 3. The van der Waals surface area contributed by atoms with Crippen LogP contribution in [0.5, 0.6) is 0 Å². The molecule has 0 N–H and O–H groups in total. The predicted molar refractivity (Wildman–Crippen MR) is 80.8 cm³/mol. The van der Waals surface area contributed by atoms with E-state index in [1.807, 2.05) is 29.1 Å². The molecule has 0 fully saturated rings. The van der Waals surface area contributed by atoms with Gasteiger partial charge < -0.3 is 9.30 Å². The molecule has 1 aliphatic rings. The molecule has 3 aromatic rings. The third-order valence-electron chi connectivity index (χ3n) is 3.98. The van der Waals surface area contributed by atoms with Crippen LogP contribution in [0.2, 0.25) is 0 Å². The fourth-order valence-electron chi connectivity index (χ4n) is 2.97. The van der Waals surface area contributed by atoms with Gasteiger partial charge in [0.05, 0.1) is 18.0 Å². The molecule has 0 saturated carbocycles. The van der Waals surface area contributed by atoms with Gasteiger partial charge in [-0.1, -0.05) is 0 Å². The highest BCUT2D eigenvalue weighted by Crippen LogP contribution is 2.36. The Labute approximate surface area is 125 Å². The third-order valence-corrected chi connectivity index (χ3v) is 4.96. The van der Waals surface area contributed by atoms with E-state index < -0.39 is 0 Å². The van der Waals surface area contributed by atoms with Crippen molar-refractivity contribution in [3.8, 4) is 11.3 Å². The molecule has 0 radical (unpaired) electrons. The number of esters is 1. The minimum absolute atomic E-state index is 0.300. The SMILES string of the molecule is CCOC(=O)c1cn2c3c(nc2n1C)-c1ccsc1CC3. The largest absolute Gasteiger partial charge is 0.461 e. The number of nitrogens with zero attached hydrogens (tertiary/aromatic N) is 3. The molecule has 0 saturated heterocycles. The van der Waals surface area contributed by atoms with Crippen LogP contribution in [0.4, 0.5) is 0 Å². The fraction of sp³-hybridized carbons (Fsp3) is 0.333. The smallest absolute Gasteiger partial charge is 0.356 e. The van der Waals surface area contributed by atoms with Crippen molar-refractivity contribution in [1.82, 2.24) is 14.0 Å². The van der Waals surface area contributed by atoms with Gasteiger partial charge in [-0.3, -0.25) is 4.40 Å². The van der Waals surface area contributed by atoms with Crippen LogP contribution in [0.15, 0.2) is 17.6 Å². The number of thiophene rings is 1. The molecule has 108 valence electrons. The lowest BCUT2D eigenvalue weighted by molar-refractivity contribution is 0.0515. The van der Waals surface area contributed by atoms with E-state index in [1.54, 1.807) is 11.3 Å². The van der Waals surface area contributed by atoms with Crippen molar-refractivity contribution in [2.45, 2.75) is 19.8 Å². The van der Waals surface area contributed by atoms with Gasteiger partial charge in [-0.05, 0) is 31.2 Å². The summed E-state index contributed by atoms with van der Waals surface area (Å²) in [6.45, 7) is 2.19. The number of ether oxygens (including phenoxy) is 1. The molecule has 0 bridgehead atoms. The van der Waals surface area contributed by atoms with Crippen LogP contribution in [0, 0.1) is 0 Å². The first-order valence-electron chi connectivity index (χ1n) is 7.01. The molecule has 0 atom stereocenters. The van der Waals surface area contributed by atoms with Crippen LogP contribution in [0.25, 0.3) is 17.0 Å². The molecule has 1 aliphatic carbocycles. The molecule has 0 amide bonds. The number of carbonyl (C=O) groups is 1. The second-order valence-corrected chi connectivity index (χ2v) is 6.13. The van der Waals surface area contributed by atoms with Gasteiger partial charge in [-0.15, -0.1) is 11.3 Å². The number of fused-ring (bicyclic) bond motifs is 5. The Balaban J connectivity index is 1.91. The monoisotopic (exact) mass is 301 g/mol. The Bertz CT molecular complexity index is 856. The number of imidazole rings is 2. The van der Waals surface area contributed by atoms with Crippen LogP contribution in [0.3, 0.4) is 0 Å². The Hall–Kier alpha value is -2.08. The maximum absolute atomic E-state index is 12.0. The van der Waals surface area contributed by atoms with E-state index >= 15 is 0 Å². The summed E-state index contributed by atoms with van der Waals surface area (Å²) >= 11 is 1.79. The van der Waals surface area contributed by atoms with E-state index in [0.29, 0.717) is 12.3 Å². The first-order valence-corrected chi connectivity index (χ1v) is 7.89. The van der Waals surface area contributed by atoms with Crippen LogP contribution >= 0.6 is 11.3 Å². The zero-order chi connectivity index (χ0) is 14.6. The third kappa shape index (κ3) is 1.68. The molecule has 0 aliphatic heterocycles. The minimum Gasteiger partial charge on any atom is -0.461 e. The van der Waals surface area contributed by atoms with Gasteiger partial charge >= 0.3 is 5.97 Å². The summed E-state index contributed by atoms with van der Waals surface area (Å²) in [4.78, 5) is 18.1. The van der Waals surface area contributed by atoms with Crippen molar-refractivity contribution >= 4 is 23.1 Å². The molecule has 3 aromatic heterocycles. The lowest BCUT2D eigenvalue weighted by Gasteiger charge is -2.10. The quantitative estimate of drug-likeness (QED) is 0.684. The van der Waals surface area contributed by atoms with Crippen LogP contribution in [-0.4, -0.2) is 26.5 Å². The second kappa shape index (κ2) is 4.46. The first kappa shape index (κ1) is 12.6. The predicted octanol–water partition coefficient (Wildman–Crippen LogP) is 2.68. The van der Waals surface area contributed by atoms with E-state index in [9.17, 15) is 4.79 Å². The number of aryl methyl sites for hydroxylation is 3. The summed E-state index contributed by atoms with van der Waals surface area (Å²) in [6, 6.07) is 2.14. The molecule has 0 aromatic carbocycles. The maximum Gasteiger partial charge on any atom is 0.356 e. The van der Waals surface area contributed by atoms with Gasteiger partial charge in [0, 0.05) is 23.7 Å². The number of rotatable bonds is 2. The Kier molecular flexibility index (Phi) is 2.68. The molecule has 5 nitrogen and oxygen atoms in total. The van der Waals surface area contributed by atoms with Crippen molar-refractivity contribution < 1.29 is 9.53 Å². The van der Waals surface area contributed by atoms with Gasteiger partial charge in [0.15, 0.2) is 0 Å². The maximum atomic E-state index is 12.0. The Morgan fingerprint density at radius 2 is 2.33 bits per heavy atom. The topological polar surface area (TPSA) is 48.5 Å². The van der Waals surface area contributed by atoms with E-state index in [4.69, 9.17) is 9.72 Å². The van der Waals surface area contributed by atoms with Crippen molar-refractivity contribution in [2.75, 3.05) is 6.61 Å². The van der Waals surface area contributed by atoms with E-state index in [1.165, 1.54) is 16.1 Å². The zero-order valence-corrected chi connectivity index (χ0v) is 12.7. The second-order valence-electron chi connectivity index (χ2n) is 5.13. The highest BCUT2D eigenvalue weighted by Gasteiger charge is 2.26. The molecule has 6 heteroatoms. The molecule has 21 heavy (non-hydrogen) atoms. The van der Waals surface area contributed by atoms with Crippen LogP contribution in [-0.2, 0) is 24.6 Å². The highest BCUT2D eigenvalue weighted by atomic mass is 32.1. The summed E-state index contributed by atoms with van der Waals surface area (Å²) in [5, 5.41) is 2.12. The van der Waals surface area contributed by atoms with Crippen molar-refractivity contribution in [3.63, 3.8) is 0 Å². The summed E-state index contributed by atoms with van der Waals surface area (Å²) < 4.78 is 8.93. The lowest BCUT2D eigenvalue weighted by Crippen LogP contribution is -2.10. The number of hydrogen-bond acceptors (Lipinski definition) is 4. The minimum atomic E-state index is -0.300. The molecule has 0 unspecified atom stereocenters. The fourth-order valence-corrected chi connectivity index (χ4v) is 3.85. The average molecular weight is 301 g/mol. The van der Waals surface area contributed by atoms with Crippen molar-refractivity contribution in [1.29, 1.82) is 0 Å². The summed E-state index contributed by atoms with van der Waals surface area (Å²) in [7, 11) is 1.86. The Morgan fingerprint density at radius 3 is 3.14 bits per heavy atom. The standard InChI is InChI=1S/C15H15N3O2S/c1-3-20-14(19)11-8-18-10-4-5-12-9(6-7-21-12)13(10)16-15(18)17(11)2/h6-8H,3-5H2,1-2H3. The molecular formula is C15H15N3O2S. The first-order chi connectivity index (χ1) is 10.2. The van der Waals surface area contributed by atoms with Gasteiger partial charge in [0.1, 0.15) is 5.69 Å². The zero-order valence-electron chi connectivity index (χ0n) is 11.9. The van der Waals surface area contributed by atoms with Crippen LogP contribution in [0.1, 0.15) is 28.0 Å². The Morgan fingerprint density at radius 1 is 1.48 bits per heavy atom. The summed E-state index contributed by atoms with van der Waals surface area (Å²) in [5.41, 5.74) is 4.02. The van der Waals surface area contributed by atoms with Gasteiger partial charge in [0.25, 0.3) is 0 Å².